The fourth-order valence-electron chi connectivity index (χ4n) is 2.49. The predicted octanol–water partition coefficient (Wildman–Crippen LogP) is 7.12. The first-order chi connectivity index (χ1) is 11.1. The van der Waals surface area contributed by atoms with Gasteiger partial charge in [-0.15, -0.1) is 0 Å². The maximum Gasteiger partial charge on any atom is 0.0478 e. The minimum Gasteiger partial charge on any atom is -0.257 e. The highest BCUT2D eigenvalue weighted by Crippen LogP contribution is 2.28. The molecule has 0 atom stereocenters. The summed E-state index contributed by atoms with van der Waals surface area (Å²) in [5.74, 6) is 0. The van der Waals surface area contributed by atoms with E-state index in [2.05, 4.69) is 67.5 Å². The molecule has 0 aromatic carbocycles. The Hall–Kier alpha value is -1.18. The van der Waals surface area contributed by atoms with Crippen LogP contribution in [0.3, 0.4) is 0 Å². The second-order valence-electron chi connectivity index (χ2n) is 8.97. The molecule has 0 aromatic heterocycles. The monoisotopic (exact) mass is 330 g/mol. The molecule has 24 heavy (non-hydrogen) atoms. The van der Waals surface area contributed by atoms with Gasteiger partial charge in [0, 0.05) is 33.6 Å². The minimum atomic E-state index is 0.0392. The van der Waals surface area contributed by atoms with Crippen molar-refractivity contribution >= 4 is 11.4 Å². The molecule has 0 aliphatic carbocycles. The van der Waals surface area contributed by atoms with Crippen LogP contribution in [-0.4, -0.2) is 11.4 Å². The summed E-state index contributed by atoms with van der Waals surface area (Å²) < 4.78 is 0. The van der Waals surface area contributed by atoms with Crippen molar-refractivity contribution in [3.05, 3.63) is 23.5 Å². The van der Waals surface area contributed by atoms with E-state index in [9.17, 15) is 0 Å². The summed E-state index contributed by atoms with van der Waals surface area (Å²) in [7, 11) is 0. The number of aliphatic imine (C=N–C) groups is 2. The first kappa shape index (κ1) is 20.9. The van der Waals surface area contributed by atoms with Gasteiger partial charge in [0.25, 0.3) is 0 Å². The smallest absolute Gasteiger partial charge is 0.0478 e. The number of hydrogen-bond acceptors (Lipinski definition) is 2. The van der Waals surface area contributed by atoms with Crippen molar-refractivity contribution in [3.63, 3.8) is 0 Å². The average Bonchev–Trinajstić information content (AvgIpc) is 2.42. The van der Waals surface area contributed by atoms with E-state index in [0.717, 1.165) is 24.3 Å². The van der Waals surface area contributed by atoms with E-state index >= 15 is 0 Å². The largest absolute Gasteiger partial charge is 0.257 e. The van der Waals surface area contributed by atoms with Crippen molar-refractivity contribution in [2.24, 2.45) is 20.8 Å². The van der Waals surface area contributed by atoms with Gasteiger partial charge in [-0.05, 0) is 37.8 Å². The van der Waals surface area contributed by atoms with E-state index in [4.69, 9.17) is 9.98 Å². The molecule has 1 heterocycles. The summed E-state index contributed by atoms with van der Waals surface area (Å²) in [6.07, 6.45) is 11.3. The first-order valence-electron chi connectivity index (χ1n) is 9.67. The van der Waals surface area contributed by atoms with Gasteiger partial charge in [0.15, 0.2) is 0 Å². The number of unbranched alkanes of at least 4 members (excludes halogenated alkanes) is 2. The van der Waals surface area contributed by atoms with Gasteiger partial charge in [-0.25, -0.2) is 0 Å². The van der Waals surface area contributed by atoms with Crippen LogP contribution >= 0.6 is 0 Å². The number of nitrogens with zero attached hydrogens (tertiary/aromatic N) is 2. The van der Waals surface area contributed by atoms with Gasteiger partial charge < -0.3 is 0 Å². The van der Waals surface area contributed by atoms with Crippen LogP contribution < -0.4 is 0 Å². The summed E-state index contributed by atoms with van der Waals surface area (Å²) >= 11 is 0. The highest BCUT2D eigenvalue weighted by molar-refractivity contribution is 6.04. The van der Waals surface area contributed by atoms with E-state index < -0.39 is 0 Å². The van der Waals surface area contributed by atoms with Gasteiger partial charge in [-0.2, -0.15) is 0 Å². The lowest BCUT2D eigenvalue weighted by molar-refractivity contribution is 0.586. The zero-order valence-corrected chi connectivity index (χ0v) is 17.3. The lowest BCUT2D eigenvalue weighted by Gasteiger charge is -2.25. The molecule has 0 unspecified atom stereocenters. The summed E-state index contributed by atoms with van der Waals surface area (Å²) in [6.45, 7) is 17.9. The van der Waals surface area contributed by atoms with Crippen LogP contribution in [0.5, 0.6) is 0 Å². The van der Waals surface area contributed by atoms with Gasteiger partial charge in [-0.3, -0.25) is 9.98 Å². The van der Waals surface area contributed by atoms with E-state index in [1.54, 1.807) is 0 Å². The summed E-state index contributed by atoms with van der Waals surface area (Å²) in [5.41, 5.74) is 4.76. The van der Waals surface area contributed by atoms with E-state index in [0.29, 0.717) is 0 Å². The second kappa shape index (κ2) is 8.78. The Labute approximate surface area is 150 Å². The van der Waals surface area contributed by atoms with Crippen LogP contribution in [0.2, 0.25) is 0 Å². The zero-order chi connectivity index (χ0) is 18.4. The maximum absolute atomic E-state index is 5.09. The third kappa shape index (κ3) is 6.75. The molecule has 136 valence electrons. The first-order valence-corrected chi connectivity index (χ1v) is 9.67. The maximum atomic E-state index is 5.09. The second-order valence-corrected chi connectivity index (χ2v) is 8.97. The van der Waals surface area contributed by atoms with E-state index in [1.807, 2.05) is 0 Å². The topological polar surface area (TPSA) is 24.7 Å². The van der Waals surface area contributed by atoms with Gasteiger partial charge in [0.05, 0.1) is 0 Å². The Morgan fingerprint density at radius 1 is 0.667 bits per heavy atom. The third-order valence-corrected chi connectivity index (χ3v) is 4.24. The van der Waals surface area contributed by atoms with Crippen LogP contribution in [0.25, 0.3) is 0 Å². The number of hydrogen-bond donors (Lipinski definition) is 0. The molecule has 2 heteroatoms. The molecule has 0 bridgehead atoms. The molecule has 2 nitrogen and oxygen atoms in total. The van der Waals surface area contributed by atoms with Crippen molar-refractivity contribution in [1.82, 2.24) is 0 Å². The molecule has 0 radical (unpaired) electrons. The molecule has 1 rings (SSSR count). The van der Waals surface area contributed by atoms with Crippen LogP contribution in [0.15, 0.2) is 33.5 Å². The molecule has 0 saturated heterocycles. The molecule has 1 aliphatic rings. The lowest BCUT2D eigenvalue weighted by atomic mass is 9.86. The quantitative estimate of drug-likeness (QED) is 0.495. The zero-order valence-electron chi connectivity index (χ0n) is 17.3. The van der Waals surface area contributed by atoms with Gasteiger partial charge in [-0.1, -0.05) is 68.2 Å². The Morgan fingerprint density at radius 2 is 1.00 bits per heavy atom. The molecular formula is C22H38N2. The molecular weight excluding hydrogens is 292 g/mol. The molecule has 0 amide bonds. The van der Waals surface area contributed by atoms with E-state index in [1.165, 1.54) is 37.1 Å². The summed E-state index contributed by atoms with van der Waals surface area (Å²) in [6, 6.07) is 0. The van der Waals surface area contributed by atoms with Crippen LogP contribution in [0, 0.1) is 10.8 Å². The van der Waals surface area contributed by atoms with Gasteiger partial charge in [0.1, 0.15) is 0 Å². The van der Waals surface area contributed by atoms with Crippen molar-refractivity contribution in [1.29, 1.82) is 0 Å². The molecule has 0 N–H and O–H groups in total. The fourth-order valence-corrected chi connectivity index (χ4v) is 2.49. The summed E-state index contributed by atoms with van der Waals surface area (Å²) in [5, 5.41) is 0. The van der Waals surface area contributed by atoms with Crippen LogP contribution in [0.1, 0.15) is 93.9 Å². The number of rotatable bonds is 6. The molecule has 0 saturated carbocycles. The molecule has 0 spiro atoms. The summed E-state index contributed by atoms with van der Waals surface area (Å²) in [4.78, 5) is 10.2. The van der Waals surface area contributed by atoms with Gasteiger partial charge >= 0.3 is 0 Å². The predicted molar refractivity (Wildman–Crippen MR) is 109 cm³/mol. The average molecular weight is 331 g/mol. The molecule has 1 aliphatic heterocycles. The molecule has 0 aromatic rings. The highest BCUT2D eigenvalue weighted by Gasteiger charge is 2.23. The Bertz CT molecular complexity index is 481. The Kier molecular flexibility index (Phi) is 7.63. The van der Waals surface area contributed by atoms with E-state index in [-0.39, 0.29) is 10.8 Å². The lowest BCUT2D eigenvalue weighted by Crippen LogP contribution is -2.23. The highest BCUT2D eigenvalue weighted by atomic mass is 14.8. The fraction of sp³-hybridized carbons (Fsp3) is 0.727. The van der Waals surface area contributed by atoms with Crippen molar-refractivity contribution in [3.8, 4) is 0 Å². The minimum absolute atomic E-state index is 0.0392. The van der Waals surface area contributed by atoms with Crippen LogP contribution in [0.4, 0.5) is 0 Å². The Morgan fingerprint density at radius 3 is 1.25 bits per heavy atom. The SMILES string of the molecule is CCCCC1=C/C(C(C)(C)C)=N/C(CCCC)=C\C(C(C)(C)C)=N\1. The van der Waals surface area contributed by atoms with Gasteiger partial charge in [0.2, 0.25) is 0 Å². The van der Waals surface area contributed by atoms with Crippen LogP contribution in [-0.2, 0) is 0 Å². The molecule has 0 fully saturated rings. The normalized spacial score (nSPS) is 25.3. The standard InChI is InChI=1S/C22H38N2/c1-9-11-13-17-15-19(21(3,4)5)24-18(14-12-10-2)16-20(23-17)22(6,7)8/h15-16H,9-14H2,1-8H3/b17-15-,18-16-,19-15?,20-16?,23-17?,23-20-,24-18?,24-19-. The number of allylic oxidation sites excluding steroid dienone is 4. The third-order valence-electron chi connectivity index (χ3n) is 4.24. The van der Waals surface area contributed by atoms with Crippen molar-refractivity contribution in [2.45, 2.75) is 93.9 Å². The van der Waals surface area contributed by atoms with Crippen molar-refractivity contribution in [2.75, 3.05) is 0 Å². The Balaban J connectivity index is 3.38. The van der Waals surface area contributed by atoms with Crippen molar-refractivity contribution < 1.29 is 0 Å².